The molecule has 1 amide bonds. The predicted octanol–water partition coefficient (Wildman–Crippen LogP) is 3.60. The van der Waals surface area contributed by atoms with Gasteiger partial charge in [-0.05, 0) is 36.6 Å². The summed E-state index contributed by atoms with van der Waals surface area (Å²) in [7, 11) is 1.78. The smallest absolute Gasteiger partial charge is 0.231 e. The van der Waals surface area contributed by atoms with Crippen LogP contribution in [0.1, 0.15) is 55.5 Å². The normalized spacial score (nSPS) is 14.0. The van der Waals surface area contributed by atoms with Crippen LogP contribution >= 0.6 is 0 Å². The number of carbonyl (C=O) groups excluding carboxylic acids is 2. The number of nitrogens with zero attached hydrogens (tertiary/aromatic N) is 1. The second kappa shape index (κ2) is 6.21. The van der Waals surface area contributed by atoms with Crippen molar-refractivity contribution in [3.63, 3.8) is 0 Å². The minimum absolute atomic E-state index is 0.100. The van der Waals surface area contributed by atoms with Crippen LogP contribution in [0.4, 0.5) is 5.69 Å². The molecule has 0 bridgehead atoms. The van der Waals surface area contributed by atoms with Crippen molar-refractivity contribution >= 4 is 17.4 Å². The van der Waals surface area contributed by atoms with Crippen molar-refractivity contribution in [2.45, 2.75) is 46.0 Å². The highest BCUT2D eigenvalue weighted by Gasteiger charge is 2.26. The SMILES string of the molecule is CCCC(CCC)C(=O)c1ccc2c(c1)CC(=O)N2C. The summed E-state index contributed by atoms with van der Waals surface area (Å²) in [6.07, 6.45) is 4.37. The summed E-state index contributed by atoms with van der Waals surface area (Å²) >= 11 is 0. The standard InChI is InChI=1S/C17H23NO2/c1-4-6-12(7-5-2)17(20)13-8-9-15-14(10-13)11-16(19)18(15)3/h8-10,12H,4-7,11H2,1-3H3. The first kappa shape index (κ1) is 14.8. The van der Waals surface area contributed by atoms with E-state index in [1.165, 1.54) is 0 Å². The van der Waals surface area contributed by atoms with E-state index in [0.717, 1.165) is 42.5 Å². The van der Waals surface area contributed by atoms with Crippen LogP contribution in [0, 0.1) is 5.92 Å². The van der Waals surface area contributed by atoms with Crippen molar-refractivity contribution in [1.82, 2.24) is 0 Å². The van der Waals surface area contributed by atoms with Crippen LogP contribution in [0.2, 0.25) is 0 Å². The molecule has 0 unspecified atom stereocenters. The van der Waals surface area contributed by atoms with Crippen molar-refractivity contribution in [3.8, 4) is 0 Å². The van der Waals surface area contributed by atoms with Gasteiger partial charge in [0.1, 0.15) is 0 Å². The number of likely N-dealkylation sites (N-methyl/N-ethyl adjacent to an activating group) is 1. The van der Waals surface area contributed by atoms with Gasteiger partial charge < -0.3 is 4.90 Å². The van der Waals surface area contributed by atoms with Gasteiger partial charge >= 0.3 is 0 Å². The fourth-order valence-corrected chi connectivity index (χ4v) is 2.96. The van der Waals surface area contributed by atoms with Gasteiger partial charge in [-0.15, -0.1) is 0 Å². The number of carbonyl (C=O) groups is 2. The number of fused-ring (bicyclic) bond motifs is 1. The Kier molecular flexibility index (Phi) is 4.58. The molecule has 1 heterocycles. The fraction of sp³-hybridized carbons (Fsp3) is 0.529. The molecule has 0 saturated heterocycles. The number of anilines is 1. The van der Waals surface area contributed by atoms with Crippen LogP contribution in [0.5, 0.6) is 0 Å². The summed E-state index contributed by atoms with van der Waals surface area (Å²) in [5.41, 5.74) is 2.68. The molecular weight excluding hydrogens is 250 g/mol. The van der Waals surface area contributed by atoms with Crippen LogP contribution in [-0.2, 0) is 11.2 Å². The lowest BCUT2D eigenvalue weighted by Gasteiger charge is -2.15. The summed E-state index contributed by atoms with van der Waals surface area (Å²) in [5.74, 6) is 0.458. The van der Waals surface area contributed by atoms with Gasteiger partial charge in [-0.1, -0.05) is 26.7 Å². The van der Waals surface area contributed by atoms with Gasteiger partial charge in [-0.2, -0.15) is 0 Å². The van der Waals surface area contributed by atoms with Crippen molar-refractivity contribution in [2.24, 2.45) is 5.92 Å². The van der Waals surface area contributed by atoms with Crippen LogP contribution in [0.25, 0.3) is 0 Å². The van der Waals surface area contributed by atoms with Gasteiger partial charge in [-0.3, -0.25) is 9.59 Å². The highest BCUT2D eigenvalue weighted by Crippen LogP contribution is 2.30. The highest BCUT2D eigenvalue weighted by molar-refractivity contribution is 6.03. The molecule has 1 aromatic rings. The summed E-state index contributed by atoms with van der Waals surface area (Å²) in [4.78, 5) is 25.9. The third kappa shape index (κ3) is 2.77. The van der Waals surface area contributed by atoms with E-state index in [-0.39, 0.29) is 17.6 Å². The lowest BCUT2D eigenvalue weighted by Crippen LogP contribution is -2.20. The highest BCUT2D eigenvalue weighted by atomic mass is 16.2. The zero-order chi connectivity index (χ0) is 14.7. The number of hydrogen-bond acceptors (Lipinski definition) is 2. The van der Waals surface area contributed by atoms with Gasteiger partial charge in [0.25, 0.3) is 0 Å². The van der Waals surface area contributed by atoms with E-state index < -0.39 is 0 Å². The Balaban J connectivity index is 2.23. The van der Waals surface area contributed by atoms with E-state index in [1.54, 1.807) is 11.9 Å². The second-order valence-corrected chi connectivity index (χ2v) is 5.61. The molecule has 0 aromatic heterocycles. The van der Waals surface area contributed by atoms with E-state index in [0.29, 0.717) is 6.42 Å². The largest absolute Gasteiger partial charge is 0.315 e. The summed E-state index contributed by atoms with van der Waals surface area (Å²) in [6, 6.07) is 5.69. The average molecular weight is 273 g/mol. The van der Waals surface area contributed by atoms with Gasteiger partial charge in [0.15, 0.2) is 5.78 Å². The second-order valence-electron chi connectivity index (χ2n) is 5.61. The Hall–Kier alpha value is -1.64. The third-order valence-corrected chi connectivity index (χ3v) is 4.09. The zero-order valence-corrected chi connectivity index (χ0v) is 12.6. The Morgan fingerprint density at radius 3 is 2.50 bits per heavy atom. The number of amides is 1. The van der Waals surface area contributed by atoms with E-state index in [4.69, 9.17) is 0 Å². The summed E-state index contributed by atoms with van der Waals surface area (Å²) in [5, 5.41) is 0. The molecule has 2 rings (SSSR count). The van der Waals surface area contributed by atoms with Crippen molar-refractivity contribution < 1.29 is 9.59 Å². The quantitative estimate of drug-likeness (QED) is 0.743. The molecule has 1 aliphatic heterocycles. The lowest BCUT2D eigenvalue weighted by atomic mass is 9.89. The summed E-state index contributed by atoms with van der Waals surface area (Å²) < 4.78 is 0. The number of ketones is 1. The summed E-state index contributed by atoms with van der Waals surface area (Å²) in [6.45, 7) is 4.23. The van der Waals surface area contributed by atoms with E-state index >= 15 is 0 Å². The Morgan fingerprint density at radius 1 is 1.25 bits per heavy atom. The maximum absolute atomic E-state index is 12.6. The monoisotopic (exact) mass is 273 g/mol. The van der Waals surface area contributed by atoms with Crippen molar-refractivity contribution in [1.29, 1.82) is 0 Å². The lowest BCUT2D eigenvalue weighted by molar-refractivity contribution is -0.117. The van der Waals surface area contributed by atoms with Crippen molar-refractivity contribution in [2.75, 3.05) is 11.9 Å². The maximum atomic E-state index is 12.6. The molecule has 1 aliphatic rings. The Bertz CT molecular complexity index is 516. The van der Waals surface area contributed by atoms with Crippen LogP contribution in [-0.4, -0.2) is 18.7 Å². The Labute approximate surface area is 121 Å². The van der Waals surface area contributed by atoms with Crippen LogP contribution in [0.15, 0.2) is 18.2 Å². The van der Waals surface area contributed by atoms with Gasteiger partial charge in [0, 0.05) is 24.2 Å². The minimum Gasteiger partial charge on any atom is -0.315 e. The van der Waals surface area contributed by atoms with Crippen molar-refractivity contribution in [3.05, 3.63) is 29.3 Å². The molecule has 0 spiro atoms. The first-order chi connectivity index (χ1) is 9.58. The Morgan fingerprint density at radius 2 is 1.90 bits per heavy atom. The van der Waals surface area contributed by atoms with E-state index in [2.05, 4.69) is 13.8 Å². The molecule has 0 atom stereocenters. The number of rotatable bonds is 6. The molecule has 0 fully saturated rings. The molecule has 20 heavy (non-hydrogen) atoms. The molecule has 0 N–H and O–H groups in total. The average Bonchev–Trinajstić information content (AvgIpc) is 2.72. The van der Waals surface area contributed by atoms with Gasteiger partial charge in [0.05, 0.1) is 6.42 Å². The van der Waals surface area contributed by atoms with E-state index in [1.807, 2.05) is 18.2 Å². The molecule has 1 aromatic carbocycles. The molecule has 3 heteroatoms. The minimum atomic E-state index is 0.100. The first-order valence-corrected chi connectivity index (χ1v) is 7.52. The molecule has 108 valence electrons. The van der Waals surface area contributed by atoms with Crippen LogP contribution < -0.4 is 4.90 Å². The van der Waals surface area contributed by atoms with Crippen LogP contribution in [0.3, 0.4) is 0 Å². The zero-order valence-electron chi connectivity index (χ0n) is 12.6. The predicted molar refractivity (Wildman–Crippen MR) is 81.2 cm³/mol. The molecule has 3 nitrogen and oxygen atoms in total. The van der Waals surface area contributed by atoms with E-state index in [9.17, 15) is 9.59 Å². The van der Waals surface area contributed by atoms with Gasteiger partial charge in [0.2, 0.25) is 5.91 Å². The number of Topliss-reactive ketones (excluding diaryl/α,β-unsaturated/α-hetero) is 1. The molecule has 0 radical (unpaired) electrons. The molecule has 0 aliphatic carbocycles. The van der Waals surface area contributed by atoms with Gasteiger partial charge in [-0.25, -0.2) is 0 Å². The molecular formula is C17H23NO2. The maximum Gasteiger partial charge on any atom is 0.231 e. The molecule has 0 saturated carbocycles. The first-order valence-electron chi connectivity index (χ1n) is 7.52. The number of benzene rings is 1. The topological polar surface area (TPSA) is 37.4 Å². The fourth-order valence-electron chi connectivity index (χ4n) is 2.96. The third-order valence-electron chi connectivity index (χ3n) is 4.09. The number of hydrogen-bond donors (Lipinski definition) is 0.